The third kappa shape index (κ3) is 9.16. The van der Waals surface area contributed by atoms with Crippen LogP contribution in [0.25, 0.3) is 0 Å². The van der Waals surface area contributed by atoms with Gasteiger partial charge in [0.2, 0.25) is 0 Å². The maximum Gasteiger partial charge on any atom is 0 e. The fourth-order valence-electron chi connectivity index (χ4n) is 0. The quantitative estimate of drug-likeness (QED) is 0.261. The van der Waals surface area contributed by atoms with Crippen LogP contribution in [0.1, 0.15) is 0 Å². The molecule has 0 aliphatic carbocycles. The molecule has 0 atom stereocenters. The molecule has 0 N–H and O–H groups in total. The number of rotatable bonds is 0. The molecular weight excluding hydrogens is 188 g/mol. The van der Waals surface area contributed by atoms with Crippen molar-refractivity contribution in [1.82, 2.24) is 0 Å². The fraction of sp³-hybridized carbons (Fsp3) is 0. The van der Waals surface area contributed by atoms with Crippen LogP contribution in [0.4, 0.5) is 0 Å². The molecule has 4 heteroatoms. The molecule has 0 aliphatic heterocycles. The summed E-state index contributed by atoms with van der Waals surface area (Å²) in [5.74, 6) is 0. The number of thiol groups is 2. The molecule has 0 heterocycles. The molecule has 0 unspecified atom stereocenters. The average Bonchev–Trinajstić information content (AvgIpc) is 0. The van der Waals surface area contributed by atoms with Crippen molar-refractivity contribution in [2.45, 2.75) is 0 Å². The topological polar surface area (TPSA) is 0 Å². The Morgan fingerprint density at radius 3 is 0.750 bits per heavy atom. The van der Waals surface area contributed by atoms with Gasteiger partial charge in [0, 0.05) is 18.6 Å². The van der Waals surface area contributed by atoms with Gasteiger partial charge in [0.05, 0.1) is 0 Å². The van der Waals surface area contributed by atoms with Crippen molar-refractivity contribution in [3.8, 4) is 0 Å². The predicted octanol–water partition coefficient (Wildman–Crippen LogP) is -1.46. The molecular formula is H4GeS2V-2. The summed E-state index contributed by atoms with van der Waals surface area (Å²) in [4.78, 5) is 0. The van der Waals surface area contributed by atoms with Gasteiger partial charge in [-0.1, -0.05) is 0 Å². The second-order valence-corrected chi connectivity index (χ2v) is 0. The maximum atomic E-state index is 0. The first-order valence-electron chi connectivity index (χ1n) is 0. The van der Waals surface area contributed by atoms with Crippen LogP contribution < -0.4 is 0 Å². The van der Waals surface area contributed by atoms with Crippen LogP contribution in [-0.2, 0) is 45.5 Å². The predicted molar refractivity (Wildman–Crippen MR) is 26.1 cm³/mol. The Balaban J connectivity index is 0. The van der Waals surface area contributed by atoms with Crippen molar-refractivity contribution >= 4 is 44.6 Å². The molecule has 0 saturated carbocycles. The van der Waals surface area contributed by atoms with Crippen LogP contribution in [0.2, 0.25) is 0 Å². The summed E-state index contributed by atoms with van der Waals surface area (Å²) in [6.07, 6.45) is 0. The largest absolute Gasteiger partial charge is 0.813 e. The summed E-state index contributed by atoms with van der Waals surface area (Å²) < 4.78 is 0. The molecule has 0 nitrogen and oxygen atoms in total. The molecule has 3 radical (unpaired) electrons. The number of hydrogen-bond acceptors (Lipinski definition) is 2. The van der Waals surface area contributed by atoms with E-state index in [1.807, 2.05) is 0 Å². The van der Waals surface area contributed by atoms with E-state index in [4.69, 9.17) is 0 Å². The van der Waals surface area contributed by atoms with Gasteiger partial charge in [-0.05, 0) is 0 Å². The summed E-state index contributed by atoms with van der Waals surface area (Å²) in [6, 6.07) is 0. The molecule has 4 heavy (non-hydrogen) atoms. The summed E-state index contributed by atoms with van der Waals surface area (Å²) in [5, 5.41) is 0. The Hall–Kier alpha value is 1.83. The van der Waals surface area contributed by atoms with E-state index in [2.05, 4.69) is 0 Å². The van der Waals surface area contributed by atoms with E-state index in [1.165, 1.54) is 0 Å². The Bertz CT molecular complexity index is 6.00. The van der Waals surface area contributed by atoms with E-state index in [1.54, 1.807) is 0 Å². The van der Waals surface area contributed by atoms with Crippen molar-refractivity contribution in [3.05, 3.63) is 0 Å². The third-order valence-electron chi connectivity index (χ3n) is 0. The monoisotopic (exact) mass is 193 g/mol. The number of hydrogen-bond donors (Lipinski definition) is 0. The Morgan fingerprint density at radius 2 is 0.750 bits per heavy atom. The minimum Gasteiger partial charge on any atom is -0.813 e. The van der Waals surface area contributed by atoms with Gasteiger partial charge in [-0.2, -0.15) is 0 Å². The average molecular weight is 192 g/mol. The van der Waals surface area contributed by atoms with Gasteiger partial charge >= 0.3 is 17.6 Å². The molecule has 0 spiro atoms. The Labute approximate surface area is 62.9 Å². The van der Waals surface area contributed by atoms with Gasteiger partial charge in [-0.15, -0.1) is 0 Å². The smallest absolute Gasteiger partial charge is 0 e. The molecule has 0 saturated heterocycles. The van der Waals surface area contributed by atoms with Crippen molar-refractivity contribution in [2.75, 3.05) is 0 Å². The molecule has 27 valence electrons. The van der Waals surface area contributed by atoms with Crippen LogP contribution in [0.3, 0.4) is 0 Å². The van der Waals surface area contributed by atoms with Gasteiger partial charge in [-0.3, -0.25) is 0 Å². The molecule has 0 fully saturated rings. The van der Waals surface area contributed by atoms with Crippen molar-refractivity contribution < 1.29 is 18.6 Å². The van der Waals surface area contributed by atoms with Crippen LogP contribution in [0.5, 0.6) is 0 Å². The second kappa shape index (κ2) is 21.2. The first-order chi connectivity index (χ1) is 0. The van der Waals surface area contributed by atoms with Crippen LogP contribution in [-0.4, -0.2) is 17.6 Å². The molecule has 0 rings (SSSR count). The minimum atomic E-state index is 0. The fourth-order valence-corrected chi connectivity index (χ4v) is 0. The molecule has 0 aromatic carbocycles. The van der Waals surface area contributed by atoms with Crippen molar-refractivity contribution in [1.29, 1.82) is 0 Å². The molecule has 0 aromatic heterocycles. The summed E-state index contributed by atoms with van der Waals surface area (Å²) in [7, 11) is 0. The van der Waals surface area contributed by atoms with Crippen molar-refractivity contribution in [3.63, 3.8) is 0 Å². The van der Waals surface area contributed by atoms with E-state index in [9.17, 15) is 0 Å². The van der Waals surface area contributed by atoms with Gasteiger partial charge in [0.15, 0.2) is 0 Å². The van der Waals surface area contributed by atoms with Gasteiger partial charge in [0.1, 0.15) is 0 Å². The first-order valence-corrected chi connectivity index (χ1v) is 0. The summed E-state index contributed by atoms with van der Waals surface area (Å²) >= 11 is 0. The molecule has 0 aromatic rings. The SMILES string of the molecule is [GeH2].[SH-].[SH-].[V]. The Kier molecular flexibility index (Phi) is 215. The van der Waals surface area contributed by atoms with Gasteiger partial charge in [-0.25, -0.2) is 0 Å². The maximum absolute atomic E-state index is 0. The van der Waals surface area contributed by atoms with Crippen LogP contribution in [0.15, 0.2) is 0 Å². The minimum absolute atomic E-state index is 0. The normalized spacial score (nSPS) is 0. The summed E-state index contributed by atoms with van der Waals surface area (Å²) in [5.41, 5.74) is 0. The van der Waals surface area contributed by atoms with E-state index < -0.39 is 0 Å². The molecule has 0 bridgehead atoms. The Morgan fingerprint density at radius 1 is 0.750 bits per heavy atom. The van der Waals surface area contributed by atoms with E-state index >= 15 is 0 Å². The van der Waals surface area contributed by atoms with Crippen LogP contribution in [0, 0.1) is 0 Å². The van der Waals surface area contributed by atoms with E-state index in [-0.39, 0.29) is 63.1 Å². The first kappa shape index (κ1) is 40.7. The standard InChI is InChI=1S/GeH2.2H2S.V/h3*1H2;/p-2. The molecule has 0 aliphatic rings. The zero-order chi connectivity index (χ0) is 0. The zero-order valence-corrected chi connectivity index (χ0v) is 8.20. The third-order valence-corrected chi connectivity index (χ3v) is 0. The van der Waals surface area contributed by atoms with E-state index in [0.29, 0.717) is 0 Å². The molecule has 0 amide bonds. The van der Waals surface area contributed by atoms with Gasteiger partial charge < -0.3 is 27.0 Å². The zero-order valence-electron chi connectivity index (χ0n) is 2.05. The summed E-state index contributed by atoms with van der Waals surface area (Å²) in [6.45, 7) is 0. The van der Waals surface area contributed by atoms with Gasteiger partial charge in [0.25, 0.3) is 0 Å². The van der Waals surface area contributed by atoms with Crippen LogP contribution >= 0.6 is 0 Å². The van der Waals surface area contributed by atoms with Crippen molar-refractivity contribution in [2.24, 2.45) is 0 Å². The second-order valence-electron chi connectivity index (χ2n) is 0. The van der Waals surface area contributed by atoms with E-state index in [0.717, 1.165) is 0 Å².